The molecule has 2 bridgehead atoms. The highest BCUT2D eigenvalue weighted by Crippen LogP contribution is 2.48. The Morgan fingerprint density at radius 2 is 2.05 bits per heavy atom. The first-order valence-electron chi connectivity index (χ1n) is 7.00. The molecular weight excluding hydrogens is 242 g/mol. The maximum atomic E-state index is 12.3. The summed E-state index contributed by atoms with van der Waals surface area (Å²) in [5.74, 6) is 3.25. The number of hydrogen-bond acceptors (Lipinski definition) is 3. The van der Waals surface area contributed by atoms with Gasteiger partial charge < -0.3 is 14.8 Å². The van der Waals surface area contributed by atoms with E-state index in [-0.39, 0.29) is 18.6 Å². The minimum Gasteiger partial charge on any atom is -0.454 e. The molecule has 0 aromatic heterocycles. The molecule has 0 saturated heterocycles. The average molecular weight is 259 g/mol. The zero-order chi connectivity index (χ0) is 12.8. The Kier molecular flexibility index (Phi) is 2.43. The van der Waals surface area contributed by atoms with E-state index in [0.717, 1.165) is 23.8 Å². The molecule has 3 atom stereocenters. The van der Waals surface area contributed by atoms with Crippen molar-refractivity contribution >= 4 is 11.6 Å². The number of hydrogen-bond donors (Lipinski definition) is 1. The molecule has 1 aromatic carbocycles. The van der Waals surface area contributed by atoms with Crippen molar-refractivity contribution < 1.29 is 14.3 Å². The first-order valence-corrected chi connectivity index (χ1v) is 7.00. The highest BCUT2D eigenvalue weighted by atomic mass is 16.7. The lowest BCUT2D eigenvalue weighted by molar-refractivity contribution is -0.121. The maximum Gasteiger partial charge on any atom is 0.231 e. The molecule has 4 heteroatoms. The molecule has 2 aliphatic carbocycles. The summed E-state index contributed by atoms with van der Waals surface area (Å²) in [6.07, 6.45) is 4.86. The molecule has 1 aromatic rings. The minimum atomic E-state index is 0.172. The van der Waals surface area contributed by atoms with E-state index in [2.05, 4.69) is 5.32 Å². The van der Waals surface area contributed by atoms with Crippen LogP contribution in [0.25, 0.3) is 0 Å². The van der Waals surface area contributed by atoms with Crippen molar-refractivity contribution in [2.45, 2.75) is 25.7 Å². The van der Waals surface area contributed by atoms with Gasteiger partial charge in [-0.05, 0) is 43.2 Å². The third-order valence-electron chi connectivity index (χ3n) is 4.71. The topological polar surface area (TPSA) is 47.6 Å². The fourth-order valence-corrected chi connectivity index (χ4v) is 3.78. The lowest BCUT2D eigenvalue weighted by atomic mass is 9.88. The summed E-state index contributed by atoms with van der Waals surface area (Å²) in [5.41, 5.74) is 0.803. The second-order valence-corrected chi connectivity index (χ2v) is 5.84. The lowest BCUT2D eigenvalue weighted by Crippen LogP contribution is -2.27. The second-order valence-electron chi connectivity index (χ2n) is 5.84. The Morgan fingerprint density at radius 3 is 2.84 bits per heavy atom. The van der Waals surface area contributed by atoms with Gasteiger partial charge in [-0.1, -0.05) is 6.42 Å². The van der Waals surface area contributed by atoms with Crippen LogP contribution in [0.5, 0.6) is 11.5 Å². The van der Waals surface area contributed by atoms with Gasteiger partial charge in [0.25, 0.3) is 0 Å². The van der Waals surface area contributed by atoms with E-state index >= 15 is 0 Å². The summed E-state index contributed by atoms with van der Waals surface area (Å²) in [7, 11) is 0. The zero-order valence-corrected chi connectivity index (χ0v) is 10.7. The van der Waals surface area contributed by atoms with Crippen LogP contribution in [-0.4, -0.2) is 12.7 Å². The summed E-state index contributed by atoms with van der Waals surface area (Å²) < 4.78 is 10.6. The average Bonchev–Trinajstić information content (AvgIpc) is 3.13. The van der Waals surface area contributed by atoms with Gasteiger partial charge in [0.2, 0.25) is 12.7 Å². The predicted molar refractivity (Wildman–Crippen MR) is 70.1 cm³/mol. The van der Waals surface area contributed by atoms with Crippen molar-refractivity contribution in [2.24, 2.45) is 17.8 Å². The lowest BCUT2D eigenvalue weighted by Gasteiger charge is -2.20. The normalized spacial score (nSPS) is 30.6. The minimum absolute atomic E-state index is 0.172. The molecule has 2 saturated carbocycles. The Morgan fingerprint density at radius 1 is 1.16 bits per heavy atom. The molecule has 0 radical (unpaired) electrons. The van der Waals surface area contributed by atoms with Gasteiger partial charge in [0.1, 0.15) is 0 Å². The molecule has 1 N–H and O–H groups in total. The van der Waals surface area contributed by atoms with Gasteiger partial charge in [0.15, 0.2) is 11.5 Å². The van der Waals surface area contributed by atoms with Crippen LogP contribution in [0.1, 0.15) is 25.7 Å². The number of rotatable bonds is 2. The smallest absolute Gasteiger partial charge is 0.231 e. The number of fused-ring (bicyclic) bond motifs is 3. The van der Waals surface area contributed by atoms with Crippen molar-refractivity contribution in [3.05, 3.63) is 18.2 Å². The third-order valence-corrected chi connectivity index (χ3v) is 4.71. The van der Waals surface area contributed by atoms with Gasteiger partial charge in [-0.15, -0.1) is 0 Å². The van der Waals surface area contributed by atoms with Gasteiger partial charge in [0.05, 0.1) is 0 Å². The SMILES string of the molecule is O=C(Nc1ccc2c(c1)OCO2)[C@H]1C[C@@H]2CC[C@@H]1C2. The Hall–Kier alpha value is -1.71. The number of ether oxygens (including phenoxy) is 2. The number of benzene rings is 1. The number of amides is 1. The summed E-state index contributed by atoms with van der Waals surface area (Å²) in [6.45, 7) is 0.263. The van der Waals surface area contributed by atoms with E-state index in [1.165, 1.54) is 19.3 Å². The molecule has 0 spiro atoms. The Labute approximate surface area is 112 Å². The van der Waals surface area contributed by atoms with Crippen LogP contribution in [0.4, 0.5) is 5.69 Å². The monoisotopic (exact) mass is 259 g/mol. The van der Waals surface area contributed by atoms with Gasteiger partial charge >= 0.3 is 0 Å². The van der Waals surface area contributed by atoms with Gasteiger partial charge in [-0.3, -0.25) is 4.79 Å². The molecule has 2 fully saturated rings. The van der Waals surface area contributed by atoms with Crippen molar-refractivity contribution in [2.75, 3.05) is 12.1 Å². The summed E-state index contributed by atoms with van der Waals surface area (Å²) in [5, 5.41) is 3.02. The molecule has 19 heavy (non-hydrogen) atoms. The van der Waals surface area contributed by atoms with Crippen molar-refractivity contribution in [1.29, 1.82) is 0 Å². The zero-order valence-electron chi connectivity index (χ0n) is 10.7. The van der Waals surface area contributed by atoms with E-state index in [9.17, 15) is 4.79 Å². The fraction of sp³-hybridized carbons (Fsp3) is 0.533. The second kappa shape index (κ2) is 4.15. The molecule has 1 amide bonds. The number of nitrogens with one attached hydrogen (secondary N) is 1. The fourth-order valence-electron chi connectivity index (χ4n) is 3.78. The molecule has 4 nitrogen and oxygen atoms in total. The molecule has 100 valence electrons. The predicted octanol–water partition coefficient (Wildman–Crippen LogP) is 2.79. The van der Waals surface area contributed by atoms with Crippen LogP contribution in [0.2, 0.25) is 0 Å². The number of carbonyl (C=O) groups is 1. The van der Waals surface area contributed by atoms with E-state index in [1.807, 2.05) is 18.2 Å². The van der Waals surface area contributed by atoms with Crippen molar-refractivity contribution in [1.82, 2.24) is 0 Å². The molecule has 0 unspecified atom stereocenters. The molecule has 3 aliphatic rings. The van der Waals surface area contributed by atoms with Crippen LogP contribution >= 0.6 is 0 Å². The molecule has 4 rings (SSSR count). The van der Waals surface area contributed by atoms with Crippen LogP contribution in [0.3, 0.4) is 0 Å². The Balaban J connectivity index is 1.48. The van der Waals surface area contributed by atoms with Crippen molar-refractivity contribution in [3.63, 3.8) is 0 Å². The summed E-state index contributed by atoms with van der Waals surface area (Å²) in [6, 6.07) is 5.56. The number of carbonyl (C=O) groups excluding carboxylic acids is 1. The third kappa shape index (κ3) is 1.86. The van der Waals surface area contributed by atoms with Crippen LogP contribution < -0.4 is 14.8 Å². The van der Waals surface area contributed by atoms with E-state index in [4.69, 9.17) is 9.47 Å². The molecule has 1 aliphatic heterocycles. The first kappa shape index (κ1) is 11.1. The molecule has 1 heterocycles. The van der Waals surface area contributed by atoms with E-state index in [0.29, 0.717) is 11.7 Å². The van der Waals surface area contributed by atoms with Crippen LogP contribution in [0.15, 0.2) is 18.2 Å². The largest absolute Gasteiger partial charge is 0.454 e. The summed E-state index contributed by atoms with van der Waals surface area (Å²) in [4.78, 5) is 12.3. The van der Waals surface area contributed by atoms with Crippen LogP contribution in [0, 0.1) is 17.8 Å². The highest BCUT2D eigenvalue weighted by Gasteiger charge is 2.43. The number of anilines is 1. The molecular formula is C15H17NO3. The van der Waals surface area contributed by atoms with E-state index < -0.39 is 0 Å². The summed E-state index contributed by atoms with van der Waals surface area (Å²) >= 11 is 0. The van der Waals surface area contributed by atoms with Gasteiger partial charge in [-0.25, -0.2) is 0 Å². The highest BCUT2D eigenvalue weighted by molar-refractivity contribution is 5.93. The van der Waals surface area contributed by atoms with Gasteiger partial charge in [0, 0.05) is 17.7 Å². The van der Waals surface area contributed by atoms with E-state index in [1.54, 1.807) is 0 Å². The van der Waals surface area contributed by atoms with Gasteiger partial charge in [-0.2, -0.15) is 0 Å². The Bertz CT molecular complexity index is 528. The first-order chi connectivity index (χ1) is 9.29. The maximum absolute atomic E-state index is 12.3. The van der Waals surface area contributed by atoms with Crippen LogP contribution in [-0.2, 0) is 4.79 Å². The van der Waals surface area contributed by atoms with Crippen molar-refractivity contribution in [3.8, 4) is 11.5 Å². The quantitative estimate of drug-likeness (QED) is 0.888. The standard InChI is InChI=1S/C15H17NO3/c17-15(12-6-9-1-2-10(12)5-9)16-11-3-4-13-14(7-11)19-8-18-13/h3-4,7,9-10,12H,1-2,5-6,8H2,(H,16,17)/t9-,10-,12+/m1/s1.